The Morgan fingerprint density at radius 3 is 2.73 bits per heavy atom. The molecule has 0 atom stereocenters. The lowest BCUT2D eigenvalue weighted by Gasteiger charge is -1.99. The molecule has 0 fully saturated rings. The molecule has 1 heterocycles. The number of hydrogen-bond donors (Lipinski definition) is 1. The van der Waals surface area contributed by atoms with Crippen LogP contribution >= 0.6 is 27.3 Å². The van der Waals surface area contributed by atoms with Crippen molar-refractivity contribution in [3.63, 3.8) is 0 Å². The maximum absolute atomic E-state index is 5.50. The van der Waals surface area contributed by atoms with Gasteiger partial charge in [-0.05, 0) is 30.7 Å². The second-order valence-corrected chi connectivity index (χ2v) is 5.20. The number of nitrogens with two attached hydrogens (primary N) is 1. The number of aryl methyl sites for hydroxylation is 1. The number of nitrogens with zero attached hydrogens (tertiary/aromatic N) is 2. The summed E-state index contributed by atoms with van der Waals surface area (Å²) in [6, 6.07) is 6.19. The van der Waals surface area contributed by atoms with Crippen molar-refractivity contribution in [1.29, 1.82) is 0 Å². The molecule has 78 valence electrons. The van der Waals surface area contributed by atoms with Gasteiger partial charge < -0.3 is 5.73 Å². The zero-order valence-electron chi connectivity index (χ0n) is 8.20. The summed E-state index contributed by atoms with van der Waals surface area (Å²) >= 11 is 5.00. The van der Waals surface area contributed by atoms with Crippen LogP contribution in [0.25, 0.3) is 10.6 Å². The third-order valence-electron chi connectivity index (χ3n) is 1.93. The second-order valence-electron chi connectivity index (χ2n) is 3.22. The zero-order valence-corrected chi connectivity index (χ0v) is 10.6. The minimum atomic E-state index is 0.449. The Hall–Kier alpha value is -0.780. The molecule has 3 nitrogen and oxygen atoms in total. The summed E-state index contributed by atoms with van der Waals surface area (Å²) in [7, 11) is 0. The highest BCUT2D eigenvalue weighted by atomic mass is 79.9. The molecule has 5 heteroatoms. The van der Waals surface area contributed by atoms with Gasteiger partial charge in [0.1, 0.15) is 10.0 Å². The molecule has 0 aliphatic heterocycles. The number of rotatable bonds is 2. The Kier molecular flexibility index (Phi) is 3.14. The maximum atomic E-state index is 5.50. The van der Waals surface area contributed by atoms with Crippen molar-refractivity contribution in [1.82, 2.24) is 10.2 Å². The molecule has 0 aliphatic carbocycles. The molecule has 2 N–H and O–H groups in total. The number of benzene rings is 1. The predicted molar refractivity (Wildman–Crippen MR) is 65.7 cm³/mol. The van der Waals surface area contributed by atoms with Gasteiger partial charge in [-0.25, -0.2) is 0 Å². The van der Waals surface area contributed by atoms with Gasteiger partial charge in [0.05, 0.1) is 0 Å². The predicted octanol–water partition coefficient (Wildman–Crippen LogP) is 2.73. The SMILES string of the molecule is Cc1cc(Br)cc(-c2nnc(CN)s2)c1. The van der Waals surface area contributed by atoms with E-state index in [0.29, 0.717) is 6.54 Å². The minimum Gasteiger partial charge on any atom is -0.324 e. The van der Waals surface area contributed by atoms with Crippen molar-refractivity contribution in [3.05, 3.63) is 33.2 Å². The lowest BCUT2D eigenvalue weighted by Crippen LogP contribution is -1.94. The van der Waals surface area contributed by atoms with Crippen molar-refractivity contribution in [2.24, 2.45) is 5.73 Å². The van der Waals surface area contributed by atoms with E-state index in [0.717, 1.165) is 20.1 Å². The van der Waals surface area contributed by atoms with Gasteiger partial charge in [-0.3, -0.25) is 0 Å². The summed E-state index contributed by atoms with van der Waals surface area (Å²) in [5.41, 5.74) is 7.78. The quantitative estimate of drug-likeness (QED) is 0.922. The van der Waals surface area contributed by atoms with Crippen LogP contribution in [0.5, 0.6) is 0 Å². The summed E-state index contributed by atoms with van der Waals surface area (Å²) in [4.78, 5) is 0. The van der Waals surface area contributed by atoms with Crippen LogP contribution in [0.15, 0.2) is 22.7 Å². The lowest BCUT2D eigenvalue weighted by atomic mass is 10.1. The summed E-state index contributed by atoms with van der Waals surface area (Å²) < 4.78 is 1.06. The summed E-state index contributed by atoms with van der Waals surface area (Å²) in [5, 5.41) is 9.89. The standard InChI is InChI=1S/C10H10BrN3S/c1-6-2-7(4-8(11)3-6)10-14-13-9(5-12)15-10/h2-4H,5,12H2,1H3. The molecule has 2 aromatic rings. The summed E-state index contributed by atoms with van der Waals surface area (Å²) in [6.07, 6.45) is 0. The van der Waals surface area contributed by atoms with Gasteiger partial charge in [0, 0.05) is 16.6 Å². The molecule has 1 aromatic heterocycles. The average molecular weight is 284 g/mol. The average Bonchev–Trinajstić information content (AvgIpc) is 2.64. The van der Waals surface area contributed by atoms with Crippen molar-refractivity contribution in [2.75, 3.05) is 0 Å². The maximum Gasteiger partial charge on any atom is 0.147 e. The first-order chi connectivity index (χ1) is 7.19. The van der Waals surface area contributed by atoms with Crippen LogP contribution in [0.1, 0.15) is 10.6 Å². The van der Waals surface area contributed by atoms with Gasteiger partial charge in [-0.1, -0.05) is 27.3 Å². The van der Waals surface area contributed by atoms with Crippen molar-refractivity contribution in [3.8, 4) is 10.6 Å². The number of halogens is 1. The molecule has 0 unspecified atom stereocenters. The molecule has 2 rings (SSSR count). The fraction of sp³-hybridized carbons (Fsp3) is 0.200. The Bertz CT molecular complexity index is 461. The highest BCUT2D eigenvalue weighted by molar-refractivity contribution is 9.10. The lowest BCUT2D eigenvalue weighted by molar-refractivity contribution is 0.960. The van der Waals surface area contributed by atoms with Crippen LogP contribution in [-0.2, 0) is 6.54 Å². The van der Waals surface area contributed by atoms with Crippen molar-refractivity contribution >= 4 is 27.3 Å². The van der Waals surface area contributed by atoms with Crippen molar-refractivity contribution < 1.29 is 0 Å². The Morgan fingerprint density at radius 2 is 2.13 bits per heavy atom. The van der Waals surface area contributed by atoms with Crippen molar-refractivity contribution in [2.45, 2.75) is 13.5 Å². The topological polar surface area (TPSA) is 51.8 Å². The molecule has 1 aromatic carbocycles. The van der Waals surface area contributed by atoms with Gasteiger partial charge in [0.25, 0.3) is 0 Å². The first-order valence-corrected chi connectivity index (χ1v) is 6.10. The molecule has 15 heavy (non-hydrogen) atoms. The van der Waals surface area contributed by atoms with E-state index in [2.05, 4.69) is 45.2 Å². The van der Waals surface area contributed by atoms with Crippen LogP contribution in [0.2, 0.25) is 0 Å². The highest BCUT2D eigenvalue weighted by Gasteiger charge is 2.06. The Balaban J connectivity index is 2.44. The highest BCUT2D eigenvalue weighted by Crippen LogP contribution is 2.27. The third-order valence-corrected chi connectivity index (χ3v) is 3.38. The van der Waals surface area contributed by atoms with Crippen LogP contribution in [0.3, 0.4) is 0 Å². The van der Waals surface area contributed by atoms with Gasteiger partial charge in [-0.15, -0.1) is 10.2 Å². The molecule has 0 aliphatic rings. The monoisotopic (exact) mass is 283 g/mol. The van der Waals surface area contributed by atoms with E-state index in [9.17, 15) is 0 Å². The third kappa shape index (κ3) is 2.42. The summed E-state index contributed by atoms with van der Waals surface area (Å²) in [5.74, 6) is 0. The molecule has 0 bridgehead atoms. The Labute approximate surface area is 100 Å². The van der Waals surface area contributed by atoms with Gasteiger partial charge in [0.2, 0.25) is 0 Å². The molecular formula is C10H10BrN3S. The van der Waals surface area contributed by atoms with E-state index in [-0.39, 0.29) is 0 Å². The van der Waals surface area contributed by atoms with Crippen LogP contribution < -0.4 is 5.73 Å². The van der Waals surface area contributed by atoms with E-state index in [1.165, 1.54) is 16.9 Å². The van der Waals surface area contributed by atoms with Gasteiger partial charge in [0.15, 0.2) is 0 Å². The van der Waals surface area contributed by atoms with E-state index in [1.54, 1.807) is 0 Å². The molecule has 0 spiro atoms. The fourth-order valence-electron chi connectivity index (χ4n) is 1.31. The van der Waals surface area contributed by atoms with E-state index < -0.39 is 0 Å². The number of hydrogen-bond acceptors (Lipinski definition) is 4. The molecular weight excluding hydrogens is 274 g/mol. The smallest absolute Gasteiger partial charge is 0.147 e. The fourth-order valence-corrected chi connectivity index (χ4v) is 2.63. The molecule has 0 radical (unpaired) electrons. The molecule has 0 amide bonds. The molecule has 0 saturated heterocycles. The minimum absolute atomic E-state index is 0.449. The van der Waals surface area contributed by atoms with Crippen LogP contribution in [0, 0.1) is 6.92 Å². The zero-order chi connectivity index (χ0) is 10.8. The Morgan fingerprint density at radius 1 is 1.33 bits per heavy atom. The normalized spacial score (nSPS) is 10.6. The number of aromatic nitrogens is 2. The van der Waals surface area contributed by atoms with Crippen LogP contribution in [0.4, 0.5) is 0 Å². The largest absolute Gasteiger partial charge is 0.324 e. The van der Waals surface area contributed by atoms with E-state index >= 15 is 0 Å². The van der Waals surface area contributed by atoms with Gasteiger partial charge in [-0.2, -0.15) is 0 Å². The van der Waals surface area contributed by atoms with E-state index in [4.69, 9.17) is 5.73 Å². The second kappa shape index (κ2) is 4.38. The molecule has 0 saturated carbocycles. The van der Waals surface area contributed by atoms with E-state index in [1.807, 2.05) is 6.07 Å². The first kappa shape index (κ1) is 10.7. The van der Waals surface area contributed by atoms with Gasteiger partial charge >= 0.3 is 0 Å². The summed E-state index contributed by atoms with van der Waals surface area (Å²) in [6.45, 7) is 2.50. The first-order valence-electron chi connectivity index (χ1n) is 4.49. The van der Waals surface area contributed by atoms with Crippen LogP contribution in [-0.4, -0.2) is 10.2 Å².